The summed E-state index contributed by atoms with van der Waals surface area (Å²) in [5.74, 6) is 0.543. The van der Waals surface area contributed by atoms with Crippen molar-refractivity contribution in [1.82, 2.24) is 4.90 Å². The van der Waals surface area contributed by atoms with E-state index < -0.39 is 0 Å². The number of carbonyl (C=O) groups is 1. The summed E-state index contributed by atoms with van der Waals surface area (Å²) in [4.78, 5) is 13.8. The lowest BCUT2D eigenvalue weighted by Gasteiger charge is -2.27. The Labute approximate surface area is 117 Å². The zero-order valence-electron chi connectivity index (χ0n) is 11.4. The number of anilines is 1. The molecule has 0 aromatic heterocycles. The Morgan fingerprint density at radius 2 is 2.25 bits per heavy atom. The molecular weight excluding hydrogens is 258 g/mol. The lowest BCUT2D eigenvalue weighted by molar-refractivity contribution is -0.133. The molecule has 106 valence electrons. The SMILES string of the molecule is COc1cccc(C#N)c1NCC(=O)N1CCOCC1. The highest BCUT2D eigenvalue weighted by Gasteiger charge is 2.17. The number of amides is 1. The van der Waals surface area contributed by atoms with E-state index in [-0.39, 0.29) is 12.5 Å². The summed E-state index contributed by atoms with van der Waals surface area (Å²) in [7, 11) is 1.53. The molecule has 1 saturated heterocycles. The maximum atomic E-state index is 12.1. The third-order valence-corrected chi connectivity index (χ3v) is 3.15. The highest BCUT2D eigenvalue weighted by atomic mass is 16.5. The highest BCUT2D eigenvalue weighted by Crippen LogP contribution is 2.27. The van der Waals surface area contributed by atoms with E-state index in [1.54, 1.807) is 23.1 Å². The lowest BCUT2D eigenvalue weighted by atomic mass is 10.1. The maximum absolute atomic E-state index is 12.1. The summed E-state index contributed by atoms with van der Waals surface area (Å²) in [6, 6.07) is 7.27. The molecule has 0 atom stereocenters. The normalized spacial score (nSPS) is 14.5. The molecule has 1 aliphatic rings. The smallest absolute Gasteiger partial charge is 0.242 e. The van der Waals surface area contributed by atoms with Crippen LogP contribution >= 0.6 is 0 Å². The van der Waals surface area contributed by atoms with Crippen molar-refractivity contribution in [3.63, 3.8) is 0 Å². The Balaban J connectivity index is 2.03. The quantitative estimate of drug-likeness (QED) is 0.881. The van der Waals surface area contributed by atoms with Crippen LogP contribution in [0.15, 0.2) is 18.2 Å². The van der Waals surface area contributed by atoms with Crippen LogP contribution in [-0.2, 0) is 9.53 Å². The minimum Gasteiger partial charge on any atom is -0.495 e. The van der Waals surface area contributed by atoms with Gasteiger partial charge in [-0.2, -0.15) is 5.26 Å². The van der Waals surface area contributed by atoms with Crippen LogP contribution in [0, 0.1) is 11.3 Å². The topological polar surface area (TPSA) is 74.6 Å². The van der Waals surface area contributed by atoms with Crippen LogP contribution in [-0.4, -0.2) is 50.8 Å². The van der Waals surface area contributed by atoms with Gasteiger partial charge in [-0.05, 0) is 12.1 Å². The van der Waals surface area contributed by atoms with Gasteiger partial charge < -0.3 is 19.7 Å². The van der Waals surface area contributed by atoms with Crippen LogP contribution in [0.2, 0.25) is 0 Å². The molecule has 1 aliphatic heterocycles. The van der Waals surface area contributed by atoms with Gasteiger partial charge in [0.05, 0.1) is 38.1 Å². The number of hydrogen-bond donors (Lipinski definition) is 1. The van der Waals surface area contributed by atoms with E-state index in [9.17, 15) is 4.79 Å². The Hall–Kier alpha value is -2.26. The molecule has 0 radical (unpaired) electrons. The number of hydrogen-bond acceptors (Lipinski definition) is 5. The third-order valence-electron chi connectivity index (χ3n) is 3.15. The van der Waals surface area contributed by atoms with Gasteiger partial charge in [-0.1, -0.05) is 6.07 Å². The van der Waals surface area contributed by atoms with E-state index in [1.165, 1.54) is 7.11 Å². The molecule has 0 spiro atoms. The van der Waals surface area contributed by atoms with Gasteiger partial charge in [-0.3, -0.25) is 4.79 Å². The van der Waals surface area contributed by atoms with Crippen molar-refractivity contribution in [3.05, 3.63) is 23.8 Å². The van der Waals surface area contributed by atoms with Crippen LogP contribution in [0.25, 0.3) is 0 Å². The van der Waals surface area contributed by atoms with Crippen molar-refractivity contribution >= 4 is 11.6 Å². The van der Waals surface area contributed by atoms with E-state index >= 15 is 0 Å². The van der Waals surface area contributed by atoms with Crippen molar-refractivity contribution in [1.29, 1.82) is 5.26 Å². The van der Waals surface area contributed by atoms with Crippen molar-refractivity contribution in [3.8, 4) is 11.8 Å². The summed E-state index contributed by atoms with van der Waals surface area (Å²) in [5.41, 5.74) is 1.01. The molecular formula is C14H17N3O3. The highest BCUT2D eigenvalue weighted by molar-refractivity contribution is 5.82. The predicted octanol–water partition coefficient (Wildman–Crippen LogP) is 0.838. The van der Waals surface area contributed by atoms with Crippen LogP contribution in [0.4, 0.5) is 5.69 Å². The number of ether oxygens (including phenoxy) is 2. The molecule has 0 bridgehead atoms. The predicted molar refractivity (Wildman–Crippen MR) is 73.6 cm³/mol. The van der Waals surface area contributed by atoms with Gasteiger partial charge in [0, 0.05) is 13.1 Å². The fourth-order valence-corrected chi connectivity index (χ4v) is 2.07. The second-order valence-corrected chi connectivity index (χ2v) is 4.34. The van der Waals surface area contributed by atoms with E-state index in [0.29, 0.717) is 43.3 Å². The molecule has 6 heteroatoms. The van der Waals surface area contributed by atoms with Crippen molar-refractivity contribution in [2.24, 2.45) is 0 Å². The molecule has 1 N–H and O–H groups in total. The molecule has 0 aliphatic carbocycles. The molecule has 1 aromatic carbocycles. The average molecular weight is 275 g/mol. The fourth-order valence-electron chi connectivity index (χ4n) is 2.07. The monoisotopic (exact) mass is 275 g/mol. The molecule has 0 saturated carbocycles. The lowest BCUT2D eigenvalue weighted by Crippen LogP contribution is -2.43. The molecule has 2 rings (SSSR count). The van der Waals surface area contributed by atoms with E-state index in [2.05, 4.69) is 11.4 Å². The molecule has 0 unspecified atom stereocenters. The van der Waals surface area contributed by atoms with Crippen LogP contribution < -0.4 is 10.1 Å². The largest absolute Gasteiger partial charge is 0.495 e. The molecule has 1 heterocycles. The van der Waals surface area contributed by atoms with Crippen molar-refractivity contribution < 1.29 is 14.3 Å². The molecule has 1 aromatic rings. The van der Waals surface area contributed by atoms with Gasteiger partial charge >= 0.3 is 0 Å². The number of nitrogens with zero attached hydrogens (tertiary/aromatic N) is 2. The minimum absolute atomic E-state index is 0.0110. The summed E-state index contributed by atoms with van der Waals surface area (Å²) in [6.07, 6.45) is 0. The van der Waals surface area contributed by atoms with Crippen LogP contribution in [0.5, 0.6) is 5.75 Å². The van der Waals surface area contributed by atoms with E-state index in [1.807, 2.05) is 0 Å². The first kappa shape index (κ1) is 14.2. The summed E-state index contributed by atoms with van der Waals surface area (Å²) < 4.78 is 10.4. The number of benzene rings is 1. The fraction of sp³-hybridized carbons (Fsp3) is 0.429. The van der Waals surface area contributed by atoms with Gasteiger partial charge in [0.25, 0.3) is 0 Å². The Kier molecular flexibility index (Phi) is 4.80. The third kappa shape index (κ3) is 3.19. The Morgan fingerprint density at radius 3 is 2.90 bits per heavy atom. The summed E-state index contributed by atoms with van der Waals surface area (Å²) >= 11 is 0. The Bertz CT molecular complexity index is 519. The first-order chi connectivity index (χ1) is 9.76. The first-order valence-corrected chi connectivity index (χ1v) is 6.42. The number of nitriles is 1. The maximum Gasteiger partial charge on any atom is 0.242 e. The number of carbonyl (C=O) groups excluding carboxylic acids is 1. The molecule has 1 amide bonds. The van der Waals surface area contributed by atoms with E-state index in [4.69, 9.17) is 14.7 Å². The van der Waals surface area contributed by atoms with Gasteiger partial charge in [0.2, 0.25) is 5.91 Å². The number of para-hydroxylation sites is 1. The van der Waals surface area contributed by atoms with Gasteiger partial charge in [0.1, 0.15) is 11.8 Å². The average Bonchev–Trinajstić information content (AvgIpc) is 2.52. The second kappa shape index (κ2) is 6.78. The molecule has 1 fully saturated rings. The first-order valence-electron chi connectivity index (χ1n) is 6.42. The zero-order chi connectivity index (χ0) is 14.4. The van der Waals surface area contributed by atoms with Crippen molar-refractivity contribution in [2.75, 3.05) is 45.3 Å². The zero-order valence-corrected chi connectivity index (χ0v) is 11.4. The number of methoxy groups -OCH3 is 1. The van der Waals surface area contributed by atoms with Crippen LogP contribution in [0.1, 0.15) is 5.56 Å². The van der Waals surface area contributed by atoms with E-state index in [0.717, 1.165) is 0 Å². The minimum atomic E-state index is -0.0110. The van der Waals surface area contributed by atoms with Gasteiger partial charge in [-0.25, -0.2) is 0 Å². The molecule has 6 nitrogen and oxygen atoms in total. The number of nitrogens with one attached hydrogen (secondary N) is 1. The van der Waals surface area contributed by atoms with Gasteiger partial charge in [0.15, 0.2) is 0 Å². The molecule has 20 heavy (non-hydrogen) atoms. The van der Waals surface area contributed by atoms with Gasteiger partial charge in [-0.15, -0.1) is 0 Å². The Morgan fingerprint density at radius 1 is 1.50 bits per heavy atom. The number of rotatable bonds is 4. The number of morpholine rings is 1. The summed E-state index contributed by atoms with van der Waals surface area (Å²) in [5, 5.41) is 12.1. The van der Waals surface area contributed by atoms with Crippen molar-refractivity contribution in [2.45, 2.75) is 0 Å². The summed E-state index contributed by atoms with van der Waals surface area (Å²) in [6.45, 7) is 2.50. The van der Waals surface area contributed by atoms with Crippen LogP contribution in [0.3, 0.4) is 0 Å². The standard InChI is InChI=1S/C14H17N3O3/c1-19-12-4-2-3-11(9-15)14(12)16-10-13(18)17-5-7-20-8-6-17/h2-4,16H,5-8,10H2,1H3. The second-order valence-electron chi connectivity index (χ2n) is 4.34.